The first-order valence-corrected chi connectivity index (χ1v) is 9.32. The number of aryl methyl sites for hydroxylation is 1. The molecule has 0 fully saturated rings. The molecule has 0 radical (unpaired) electrons. The van der Waals surface area contributed by atoms with Crippen LogP contribution in [0.3, 0.4) is 0 Å². The van der Waals surface area contributed by atoms with Crippen LogP contribution in [0.4, 0.5) is 0 Å². The van der Waals surface area contributed by atoms with Crippen molar-refractivity contribution in [2.24, 2.45) is 5.92 Å². The Morgan fingerprint density at radius 3 is 2.79 bits per heavy atom. The molecule has 2 aromatic rings. The molecule has 0 aliphatic heterocycles. The molecule has 0 aromatic heterocycles. The Morgan fingerprint density at radius 1 is 1.04 bits per heavy atom. The van der Waals surface area contributed by atoms with Crippen molar-refractivity contribution in [2.75, 3.05) is 5.88 Å². The minimum atomic E-state index is 0.0535. The minimum Gasteiger partial charge on any atom is -0.299 e. The first kappa shape index (κ1) is 15.7. The van der Waals surface area contributed by atoms with Crippen LogP contribution in [-0.4, -0.2) is 11.7 Å². The number of alkyl halides is 1. The van der Waals surface area contributed by atoms with Crippen LogP contribution in [-0.2, 0) is 17.6 Å². The van der Waals surface area contributed by atoms with Gasteiger partial charge in [-0.15, -0.1) is 11.6 Å². The highest BCUT2D eigenvalue weighted by molar-refractivity contribution is 6.17. The highest BCUT2D eigenvalue weighted by Gasteiger charge is 2.21. The lowest BCUT2D eigenvalue weighted by Gasteiger charge is -2.21. The van der Waals surface area contributed by atoms with Crippen molar-refractivity contribution in [3.05, 3.63) is 58.0 Å². The zero-order valence-corrected chi connectivity index (χ0v) is 14.5. The third-order valence-electron chi connectivity index (χ3n) is 5.27. The summed E-state index contributed by atoms with van der Waals surface area (Å²) in [5, 5.41) is 2.61. The van der Waals surface area contributed by atoms with Gasteiger partial charge in [0.2, 0.25) is 0 Å². The summed E-state index contributed by atoms with van der Waals surface area (Å²) in [5.74, 6) is 0.961. The van der Waals surface area contributed by atoms with Crippen LogP contribution in [0.5, 0.6) is 0 Å². The molecule has 0 heterocycles. The molecule has 2 aliphatic carbocycles. The van der Waals surface area contributed by atoms with Gasteiger partial charge in [-0.1, -0.05) is 48.6 Å². The number of hydrogen-bond donors (Lipinski definition) is 0. The molecule has 2 heteroatoms. The van der Waals surface area contributed by atoms with E-state index in [1.54, 1.807) is 0 Å². The molecule has 0 amide bonds. The van der Waals surface area contributed by atoms with Crippen molar-refractivity contribution in [2.45, 2.75) is 32.1 Å². The smallest absolute Gasteiger partial charge is 0.139 e. The maximum Gasteiger partial charge on any atom is 0.139 e. The molecule has 0 N–H and O–H groups in total. The summed E-state index contributed by atoms with van der Waals surface area (Å²) < 4.78 is 0. The molecule has 122 valence electrons. The van der Waals surface area contributed by atoms with E-state index in [9.17, 15) is 4.79 Å². The van der Waals surface area contributed by atoms with E-state index in [-0.39, 0.29) is 5.92 Å². The number of benzene rings is 2. The Hall–Kier alpha value is -1.86. The largest absolute Gasteiger partial charge is 0.299 e. The zero-order chi connectivity index (χ0) is 16.5. The monoisotopic (exact) mass is 336 g/mol. The fourth-order valence-corrected chi connectivity index (χ4v) is 4.13. The fraction of sp³-hybridized carbons (Fsp3) is 0.318. The van der Waals surface area contributed by atoms with Gasteiger partial charge in [0.15, 0.2) is 0 Å². The van der Waals surface area contributed by atoms with Gasteiger partial charge in [-0.2, -0.15) is 0 Å². The Kier molecular flexibility index (Phi) is 4.28. The number of rotatable bonds is 4. The lowest BCUT2D eigenvalue weighted by Crippen LogP contribution is -2.37. The molecule has 0 bridgehead atoms. The summed E-state index contributed by atoms with van der Waals surface area (Å²) in [7, 11) is 0. The summed E-state index contributed by atoms with van der Waals surface area (Å²) in [6.45, 7) is 0. The van der Waals surface area contributed by atoms with Gasteiger partial charge >= 0.3 is 0 Å². The van der Waals surface area contributed by atoms with Gasteiger partial charge in [-0.05, 0) is 58.4 Å². The van der Waals surface area contributed by atoms with E-state index in [2.05, 4.69) is 48.6 Å². The van der Waals surface area contributed by atoms with E-state index in [4.69, 9.17) is 11.6 Å². The van der Waals surface area contributed by atoms with E-state index in [0.717, 1.165) is 25.7 Å². The Morgan fingerprint density at radius 2 is 1.92 bits per heavy atom. The minimum absolute atomic E-state index is 0.0535. The van der Waals surface area contributed by atoms with Gasteiger partial charge in [0, 0.05) is 18.2 Å². The molecule has 2 aliphatic rings. The van der Waals surface area contributed by atoms with Crippen molar-refractivity contribution in [3.63, 3.8) is 0 Å². The highest BCUT2D eigenvalue weighted by atomic mass is 35.5. The highest BCUT2D eigenvalue weighted by Crippen LogP contribution is 2.25. The molecular weight excluding hydrogens is 316 g/mol. The van der Waals surface area contributed by atoms with E-state index in [0.29, 0.717) is 18.1 Å². The number of fused-ring (bicyclic) bond motifs is 5. The third kappa shape index (κ3) is 2.71. The second-order valence-electron chi connectivity index (χ2n) is 6.74. The van der Waals surface area contributed by atoms with Gasteiger partial charge in [0.05, 0.1) is 0 Å². The van der Waals surface area contributed by atoms with Crippen LogP contribution in [0.1, 0.15) is 30.4 Å². The molecule has 0 saturated carbocycles. The van der Waals surface area contributed by atoms with Gasteiger partial charge in [-0.3, -0.25) is 4.79 Å². The van der Waals surface area contributed by atoms with E-state index < -0.39 is 0 Å². The summed E-state index contributed by atoms with van der Waals surface area (Å²) >= 11 is 5.74. The Labute approximate surface area is 147 Å². The van der Waals surface area contributed by atoms with Crippen molar-refractivity contribution in [3.8, 4) is 11.1 Å². The van der Waals surface area contributed by atoms with Crippen LogP contribution in [0, 0.1) is 5.92 Å². The molecule has 2 aromatic carbocycles. The molecule has 1 nitrogen and oxygen atoms in total. The predicted molar refractivity (Wildman–Crippen MR) is 101 cm³/mol. The Bertz CT molecular complexity index is 910. The first-order valence-electron chi connectivity index (χ1n) is 8.79. The van der Waals surface area contributed by atoms with Crippen molar-refractivity contribution >= 4 is 29.5 Å². The van der Waals surface area contributed by atoms with Crippen LogP contribution in [0.15, 0.2) is 36.4 Å². The quantitative estimate of drug-likeness (QED) is 0.779. The number of halogens is 1. The van der Waals surface area contributed by atoms with Crippen LogP contribution >= 0.6 is 11.6 Å². The van der Waals surface area contributed by atoms with Gasteiger partial charge in [0.25, 0.3) is 0 Å². The third-order valence-corrected chi connectivity index (χ3v) is 5.54. The molecule has 0 spiro atoms. The van der Waals surface area contributed by atoms with Gasteiger partial charge in [0.1, 0.15) is 5.78 Å². The number of ketones is 1. The molecule has 1 atom stereocenters. The lowest BCUT2D eigenvalue weighted by molar-refractivity contribution is -0.121. The standard InChI is InChI=1S/C22H21ClO/c23-13-3-6-22(24)17-8-7-16-10-11-19-18-5-2-1-4-15(18)9-12-20(19)21(16)14-17/h1-2,4-5,10-12,14,17H,3,6-9,13H2. The molecule has 0 saturated heterocycles. The summed E-state index contributed by atoms with van der Waals surface area (Å²) in [6.07, 6.45) is 8.83. The molecule has 1 unspecified atom stereocenters. The number of carbonyl (C=O) groups is 1. The van der Waals surface area contributed by atoms with Crippen molar-refractivity contribution < 1.29 is 4.79 Å². The predicted octanol–water partition coefficient (Wildman–Crippen LogP) is 3.62. The van der Waals surface area contributed by atoms with E-state index in [1.165, 1.54) is 32.7 Å². The summed E-state index contributed by atoms with van der Waals surface area (Å²) in [5.41, 5.74) is 5.41. The van der Waals surface area contributed by atoms with Crippen LogP contribution in [0.25, 0.3) is 23.3 Å². The van der Waals surface area contributed by atoms with Crippen LogP contribution < -0.4 is 10.4 Å². The van der Waals surface area contributed by atoms with Crippen molar-refractivity contribution in [1.29, 1.82) is 0 Å². The van der Waals surface area contributed by atoms with Crippen molar-refractivity contribution in [1.82, 2.24) is 0 Å². The normalized spacial score (nSPS) is 17.8. The molecule has 24 heavy (non-hydrogen) atoms. The number of carbonyl (C=O) groups excluding carboxylic acids is 1. The average molecular weight is 337 g/mol. The maximum absolute atomic E-state index is 12.4. The Balaban J connectivity index is 1.81. The zero-order valence-electron chi connectivity index (χ0n) is 13.7. The molecule has 4 rings (SSSR count). The topological polar surface area (TPSA) is 17.1 Å². The summed E-state index contributed by atoms with van der Waals surface area (Å²) in [4.78, 5) is 12.4. The number of Topliss-reactive ketones (excluding diaryl/α,β-unsaturated/α-hetero) is 1. The van der Waals surface area contributed by atoms with Gasteiger partial charge < -0.3 is 0 Å². The second-order valence-corrected chi connectivity index (χ2v) is 7.11. The maximum atomic E-state index is 12.4. The SMILES string of the molecule is O=C(CCCCl)C1C=c2c(ccc3c2=CCc2ccccc2-3)CC1. The fourth-order valence-electron chi connectivity index (χ4n) is 4.00. The summed E-state index contributed by atoms with van der Waals surface area (Å²) in [6, 6.07) is 13.1. The molecular formula is C22H21ClO. The number of hydrogen-bond acceptors (Lipinski definition) is 1. The van der Waals surface area contributed by atoms with E-state index >= 15 is 0 Å². The average Bonchev–Trinajstić information content (AvgIpc) is 2.65. The lowest BCUT2D eigenvalue weighted by atomic mass is 9.83. The van der Waals surface area contributed by atoms with Crippen LogP contribution in [0.2, 0.25) is 0 Å². The van der Waals surface area contributed by atoms with Gasteiger partial charge in [-0.25, -0.2) is 0 Å². The first-order chi connectivity index (χ1) is 11.8. The van der Waals surface area contributed by atoms with E-state index in [1.807, 2.05) is 0 Å². The second kappa shape index (κ2) is 6.57.